The molecular formula is C9H13NO. The van der Waals surface area contributed by atoms with Crippen molar-refractivity contribution in [2.75, 3.05) is 0 Å². The van der Waals surface area contributed by atoms with Crippen LogP contribution in [0, 0.1) is 20.8 Å². The van der Waals surface area contributed by atoms with Crippen LogP contribution >= 0.6 is 0 Å². The van der Waals surface area contributed by atoms with E-state index in [0.717, 1.165) is 17.5 Å². The molecule has 0 spiro atoms. The number of hydrogen-bond donors (Lipinski definition) is 0. The molecule has 0 aliphatic heterocycles. The van der Waals surface area contributed by atoms with E-state index < -0.39 is 0 Å². The summed E-state index contributed by atoms with van der Waals surface area (Å²) in [6.07, 6.45) is 0.912. The SMILES string of the molecule is Cc1c(C)c(C=O)n(C)c1C. The van der Waals surface area contributed by atoms with Crippen molar-refractivity contribution in [3.05, 3.63) is 22.5 Å². The zero-order valence-corrected chi connectivity index (χ0v) is 7.43. The van der Waals surface area contributed by atoms with Gasteiger partial charge in [-0.2, -0.15) is 0 Å². The van der Waals surface area contributed by atoms with Crippen LogP contribution in [0.5, 0.6) is 0 Å². The van der Waals surface area contributed by atoms with E-state index in [2.05, 4.69) is 0 Å². The molecule has 0 aliphatic rings. The van der Waals surface area contributed by atoms with Crippen molar-refractivity contribution in [1.29, 1.82) is 0 Å². The fourth-order valence-corrected chi connectivity index (χ4v) is 1.31. The summed E-state index contributed by atoms with van der Waals surface area (Å²) in [6.45, 7) is 6.04. The van der Waals surface area contributed by atoms with Crippen molar-refractivity contribution in [1.82, 2.24) is 4.57 Å². The van der Waals surface area contributed by atoms with Gasteiger partial charge in [0.2, 0.25) is 0 Å². The maximum atomic E-state index is 10.6. The summed E-state index contributed by atoms with van der Waals surface area (Å²) < 4.78 is 1.93. The second kappa shape index (κ2) is 2.53. The molecular weight excluding hydrogens is 138 g/mol. The zero-order chi connectivity index (χ0) is 8.59. The Morgan fingerprint density at radius 3 is 1.91 bits per heavy atom. The van der Waals surface area contributed by atoms with Gasteiger partial charge in [0.1, 0.15) is 0 Å². The van der Waals surface area contributed by atoms with E-state index in [9.17, 15) is 4.79 Å². The van der Waals surface area contributed by atoms with Gasteiger partial charge < -0.3 is 4.57 Å². The first-order chi connectivity index (χ1) is 5.09. The lowest BCUT2D eigenvalue weighted by atomic mass is 10.2. The van der Waals surface area contributed by atoms with Gasteiger partial charge in [-0.25, -0.2) is 0 Å². The minimum atomic E-state index is 0.792. The lowest BCUT2D eigenvalue weighted by Crippen LogP contribution is -1.96. The summed E-state index contributed by atoms with van der Waals surface area (Å²) in [5.74, 6) is 0. The Balaban J connectivity index is 3.47. The van der Waals surface area contributed by atoms with Crippen molar-refractivity contribution >= 4 is 6.29 Å². The molecule has 0 radical (unpaired) electrons. The lowest BCUT2D eigenvalue weighted by Gasteiger charge is -1.97. The van der Waals surface area contributed by atoms with Gasteiger partial charge in [-0.05, 0) is 31.9 Å². The van der Waals surface area contributed by atoms with E-state index in [4.69, 9.17) is 0 Å². The van der Waals surface area contributed by atoms with Crippen molar-refractivity contribution in [2.45, 2.75) is 20.8 Å². The molecule has 11 heavy (non-hydrogen) atoms. The fraction of sp³-hybridized carbons (Fsp3) is 0.444. The van der Waals surface area contributed by atoms with Crippen molar-refractivity contribution < 1.29 is 4.79 Å². The molecule has 0 N–H and O–H groups in total. The molecule has 0 saturated heterocycles. The highest BCUT2D eigenvalue weighted by atomic mass is 16.1. The van der Waals surface area contributed by atoms with Gasteiger partial charge in [0, 0.05) is 12.7 Å². The molecule has 2 heteroatoms. The van der Waals surface area contributed by atoms with Crippen molar-refractivity contribution in [3.8, 4) is 0 Å². The van der Waals surface area contributed by atoms with Gasteiger partial charge in [0.05, 0.1) is 5.69 Å². The third-order valence-electron chi connectivity index (χ3n) is 2.47. The average Bonchev–Trinajstić information content (AvgIpc) is 2.17. The summed E-state index contributed by atoms with van der Waals surface area (Å²) in [5.41, 5.74) is 4.28. The van der Waals surface area contributed by atoms with Gasteiger partial charge >= 0.3 is 0 Å². The largest absolute Gasteiger partial charge is 0.345 e. The summed E-state index contributed by atoms with van der Waals surface area (Å²) in [6, 6.07) is 0. The first kappa shape index (κ1) is 8.05. The number of carbonyl (C=O) groups is 1. The molecule has 2 nitrogen and oxygen atoms in total. The molecule has 1 aromatic heterocycles. The highest BCUT2D eigenvalue weighted by Gasteiger charge is 2.09. The van der Waals surface area contributed by atoms with E-state index in [1.165, 1.54) is 11.3 Å². The number of aldehydes is 1. The molecule has 0 unspecified atom stereocenters. The number of aromatic nitrogens is 1. The van der Waals surface area contributed by atoms with Crippen LogP contribution in [0.15, 0.2) is 0 Å². The van der Waals surface area contributed by atoms with Crippen molar-refractivity contribution in [3.63, 3.8) is 0 Å². The standard InChI is InChI=1S/C9H13NO/c1-6-7(2)9(5-11)10(4)8(6)3/h5H,1-4H3. The maximum Gasteiger partial charge on any atom is 0.166 e. The molecule has 0 saturated carbocycles. The van der Waals surface area contributed by atoms with Crippen LogP contribution < -0.4 is 0 Å². The first-order valence-electron chi connectivity index (χ1n) is 3.67. The molecule has 60 valence electrons. The summed E-state index contributed by atoms with van der Waals surface area (Å²) in [4.78, 5) is 10.6. The number of rotatable bonds is 1. The number of hydrogen-bond acceptors (Lipinski definition) is 1. The van der Waals surface area contributed by atoms with Gasteiger partial charge in [0.25, 0.3) is 0 Å². The third kappa shape index (κ3) is 0.985. The molecule has 0 bridgehead atoms. The Hall–Kier alpha value is -1.05. The predicted molar refractivity (Wildman–Crippen MR) is 45.0 cm³/mol. The maximum absolute atomic E-state index is 10.6. The third-order valence-corrected chi connectivity index (χ3v) is 2.47. The molecule has 1 heterocycles. The van der Waals surface area contributed by atoms with E-state index >= 15 is 0 Å². The predicted octanol–water partition coefficient (Wildman–Crippen LogP) is 1.76. The summed E-state index contributed by atoms with van der Waals surface area (Å²) in [5, 5.41) is 0. The molecule has 0 aromatic carbocycles. The molecule has 0 atom stereocenters. The van der Waals surface area contributed by atoms with E-state index in [1.807, 2.05) is 32.4 Å². The molecule has 0 fully saturated rings. The van der Waals surface area contributed by atoms with Gasteiger partial charge in [-0.3, -0.25) is 4.79 Å². The number of nitrogens with zero attached hydrogens (tertiary/aromatic N) is 1. The minimum Gasteiger partial charge on any atom is -0.345 e. The number of carbonyl (C=O) groups excluding carboxylic acids is 1. The van der Waals surface area contributed by atoms with Crippen LogP contribution in [-0.2, 0) is 7.05 Å². The van der Waals surface area contributed by atoms with E-state index in [-0.39, 0.29) is 0 Å². The zero-order valence-electron chi connectivity index (χ0n) is 7.43. The molecule has 0 amide bonds. The second-order valence-electron chi connectivity index (χ2n) is 2.90. The van der Waals surface area contributed by atoms with Crippen LogP contribution in [0.25, 0.3) is 0 Å². The fourth-order valence-electron chi connectivity index (χ4n) is 1.31. The Labute approximate surface area is 66.8 Å². The highest BCUT2D eigenvalue weighted by molar-refractivity contribution is 5.76. The Bertz CT molecular complexity index is 272. The van der Waals surface area contributed by atoms with Gasteiger partial charge in [-0.15, -0.1) is 0 Å². The van der Waals surface area contributed by atoms with Gasteiger partial charge in [0.15, 0.2) is 6.29 Å². The topological polar surface area (TPSA) is 22.0 Å². The smallest absolute Gasteiger partial charge is 0.166 e. The Kier molecular flexibility index (Phi) is 1.85. The molecule has 1 rings (SSSR count). The van der Waals surface area contributed by atoms with E-state index in [1.54, 1.807) is 0 Å². The van der Waals surface area contributed by atoms with Crippen molar-refractivity contribution in [2.24, 2.45) is 7.05 Å². The first-order valence-corrected chi connectivity index (χ1v) is 3.67. The van der Waals surface area contributed by atoms with Crippen LogP contribution in [-0.4, -0.2) is 10.9 Å². The molecule has 1 aromatic rings. The normalized spacial score (nSPS) is 10.2. The highest BCUT2D eigenvalue weighted by Crippen LogP contribution is 2.17. The Morgan fingerprint density at radius 2 is 1.73 bits per heavy atom. The summed E-state index contributed by atoms with van der Waals surface area (Å²) >= 11 is 0. The van der Waals surface area contributed by atoms with Crippen LogP contribution in [0.3, 0.4) is 0 Å². The monoisotopic (exact) mass is 151 g/mol. The average molecular weight is 151 g/mol. The summed E-state index contributed by atoms with van der Waals surface area (Å²) in [7, 11) is 1.92. The van der Waals surface area contributed by atoms with Crippen LogP contribution in [0.1, 0.15) is 27.3 Å². The van der Waals surface area contributed by atoms with Crippen LogP contribution in [0.4, 0.5) is 0 Å². The second-order valence-corrected chi connectivity index (χ2v) is 2.90. The Morgan fingerprint density at radius 1 is 1.18 bits per heavy atom. The quantitative estimate of drug-likeness (QED) is 0.560. The van der Waals surface area contributed by atoms with Gasteiger partial charge in [-0.1, -0.05) is 0 Å². The molecule has 0 aliphatic carbocycles. The lowest BCUT2D eigenvalue weighted by molar-refractivity contribution is 0.111. The minimum absolute atomic E-state index is 0.792. The van der Waals surface area contributed by atoms with Crippen LogP contribution in [0.2, 0.25) is 0 Å². The van der Waals surface area contributed by atoms with E-state index in [0.29, 0.717) is 0 Å².